The fourth-order valence-electron chi connectivity index (χ4n) is 4.01. The lowest BCUT2D eigenvalue weighted by molar-refractivity contribution is -0.137. The van der Waals surface area contributed by atoms with Crippen molar-refractivity contribution in [2.45, 2.75) is 61.6 Å². The van der Waals surface area contributed by atoms with Crippen molar-refractivity contribution in [1.29, 1.82) is 0 Å². The average molecular weight is 393 g/mol. The zero-order valence-electron chi connectivity index (χ0n) is 14.4. The molecule has 0 aromatic carbocycles. The molecule has 26 heavy (non-hydrogen) atoms. The Bertz CT molecular complexity index is 929. The van der Waals surface area contributed by atoms with Crippen molar-refractivity contribution in [3.63, 3.8) is 0 Å². The number of hydrogen-bond donors (Lipinski definition) is 0. The Balaban J connectivity index is 1.61. The summed E-state index contributed by atoms with van der Waals surface area (Å²) >= 11 is 3.01. The molecule has 5 rings (SSSR count). The molecule has 2 saturated heterocycles. The van der Waals surface area contributed by atoms with Crippen LogP contribution in [0.2, 0.25) is 0 Å². The molecule has 2 aromatic heterocycles. The molecule has 3 aliphatic rings. The van der Waals surface area contributed by atoms with Crippen molar-refractivity contribution in [2.75, 3.05) is 13.2 Å². The van der Waals surface area contributed by atoms with Crippen LogP contribution in [-0.2, 0) is 33.7 Å². The standard InChI is InChI=1S/C18H20N2O4S2/c21-16-14-11-4-1-5-12(11)25-15(14)19-18(26-13-6-8-24-17(13)22)20(16)9-10-3-2-7-23-10/h10,13H,1-9H2/t10-,13+/m1/s1. The number of thioether (sulfide) groups is 1. The van der Waals surface area contributed by atoms with Crippen LogP contribution in [0, 0.1) is 0 Å². The Kier molecular flexibility index (Phi) is 4.29. The lowest BCUT2D eigenvalue weighted by atomic mass is 10.2. The number of carbonyl (C=O) groups excluding carboxylic acids is 1. The molecular weight excluding hydrogens is 372 g/mol. The van der Waals surface area contributed by atoms with Crippen LogP contribution in [0.15, 0.2) is 9.95 Å². The van der Waals surface area contributed by atoms with Gasteiger partial charge >= 0.3 is 5.97 Å². The van der Waals surface area contributed by atoms with Crippen LogP contribution in [-0.4, -0.2) is 40.1 Å². The largest absolute Gasteiger partial charge is 0.465 e. The predicted molar refractivity (Wildman–Crippen MR) is 100 cm³/mol. The van der Waals surface area contributed by atoms with Gasteiger partial charge < -0.3 is 9.47 Å². The number of aromatic nitrogens is 2. The highest BCUT2D eigenvalue weighted by Crippen LogP contribution is 2.37. The lowest BCUT2D eigenvalue weighted by Gasteiger charge is -2.17. The molecule has 8 heteroatoms. The molecular formula is C18H20N2O4S2. The summed E-state index contributed by atoms with van der Waals surface area (Å²) in [6.45, 7) is 1.71. The summed E-state index contributed by atoms with van der Waals surface area (Å²) in [5, 5.41) is 1.14. The van der Waals surface area contributed by atoms with Gasteiger partial charge in [-0.3, -0.25) is 14.2 Å². The lowest BCUT2D eigenvalue weighted by Crippen LogP contribution is -2.29. The molecule has 4 heterocycles. The van der Waals surface area contributed by atoms with Crippen molar-refractivity contribution in [3.05, 3.63) is 20.8 Å². The maximum Gasteiger partial charge on any atom is 0.319 e. The van der Waals surface area contributed by atoms with E-state index in [4.69, 9.17) is 14.5 Å². The molecule has 0 amide bonds. The van der Waals surface area contributed by atoms with Crippen molar-refractivity contribution < 1.29 is 14.3 Å². The molecule has 0 spiro atoms. The van der Waals surface area contributed by atoms with Crippen LogP contribution in [0.5, 0.6) is 0 Å². The number of aryl methyl sites for hydroxylation is 2. The molecule has 0 radical (unpaired) electrons. The summed E-state index contributed by atoms with van der Waals surface area (Å²) in [5.41, 5.74) is 1.22. The van der Waals surface area contributed by atoms with Crippen LogP contribution in [0.4, 0.5) is 0 Å². The van der Waals surface area contributed by atoms with E-state index >= 15 is 0 Å². The number of fused-ring (bicyclic) bond motifs is 3. The first-order valence-electron chi connectivity index (χ1n) is 9.20. The van der Waals surface area contributed by atoms with Crippen molar-refractivity contribution in [2.24, 2.45) is 0 Å². The van der Waals surface area contributed by atoms with Gasteiger partial charge in [-0.25, -0.2) is 4.98 Å². The highest BCUT2D eigenvalue weighted by Gasteiger charge is 2.31. The van der Waals surface area contributed by atoms with Gasteiger partial charge in [-0.05, 0) is 37.7 Å². The fourth-order valence-corrected chi connectivity index (χ4v) is 6.38. The van der Waals surface area contributed by atoms with Crippen LogP contribution in [0.25, 0.3) is 10.2 Å². The highest BCUT2D eigenvalue weighted by atomic mass is 32.2. The minimum Gasteiger partial charge on any atom is -0.465 e. The first-order chi connectivity index (χ1) is 12.7. The van der Waals surface area contributed by atoms with E-state index in [-0.39, 0.29) is 22.9 Å². The fraction of sp³-hybridized carbons (Fsp3) is 0.611. The van der Waals surface area contributed by atoms with Gasteiger partial charge in [0.15, 0.2) is 5.16 Å². The van der Waals surface area contributed by atoms with Gasteiger partial charge in [0, 0.05) is 17.9 Å². The molecule has 0 bridgehead atoms. The third-order valence-corrected chi connectivity index (χ3v) is 7.76. The van der Waals surface area contributed by atoms with E-state index in [0.717, 1.165) is 48.9 Å². The second-order valence-electron chi connectivity index (χ2n) is 7.05. The van der Waals surface area contributed by atoms with Gasteiger partial charge in [0.25, 0.3) is 5.56 Å². The minimum atomic E-state index is -0.276. The third-order valence-electron chi connectivity index (χ3n) is 5.33. The number of nitrogens with zero attached hydrogens (tertiary/aromatic N) is 2. The normalized spacial score (nSPS) is 25.2. The van der Waals surface area contributed by atoms with Gasteiger partial charge in [-0.1, -0.05) is 11.8 Å². The molecule has 2 aromatic rings. The van der Waals surface area contributed by atoms with Crippen molar-refractivity contribution in [1.82, 2.24) is 9.55 Å². The molecule has 0 saturated carbocycles. The topological polar surface area (TPSA) is 70.4 Å². The molecule has 2 fully saturated rings. The van der Waals surface area contributed by atoms with E-state index in [1.807, 2.05) is 0 Å². The van der Waals surface area contributed by atoms with Crippen LogP contribution in [0.3, 0.4) is 0 Å². The number of cyclic esters (lactones) is 1. The summed E-state index contributed by atoms with van der Waals surface area (Å²) in [7, 11) is 0. The maximum absolute atomic E-state index is 13.4. The summed E-state index contributed by atoms with van der Waals surface area (Å²) < 4.78 is 12.6. The summed E-state index contributed by atoms with van der Waals surface area (Å²) in [6, 6.07) is 0. The number of thiophene rings is 1. The maximum atomic E-state index is 13.4. The van der Waals surface area contributed by atoms with Gasteiger partial charge in [0.1, 0.15) is 10.1 Å². The SMILES string of the molecule is O=C1OCC[C@@H]1Sc1nc2sc3c(c2c(=O)n1C[C@H]1CCCO1)CCC3. The summed E-state index contributed by atoms with van der Waals surface area (Å²) in [4.78, 5) is 32.2. The van der Waals surface area contributed by atoms with Crippen molar-refractivity contribution >= 4 is 39.3 Å². The van der Waals surface area contributed by atoms with Crippen LogP contribution < -0.4 is 5.56 Å². The van der Waals surface area contributed by atoms with Gasteiger partial charge in [0.2, 0.25) is 0 Å². The Morgan fingerprint density at radius 3 is 2.88 bits per heavy atom. The van der Waals surface area contributed by atoms with Gasteiger partial charge in [-0.2, -0.15) is 0 Å². The number of ether oxygens (including phenoxy) is 2. The zero-order valence-corrected chi connectivity index (χ0v) is 16.0. The molecule has 0 N–H and O–H groups in total. The first kappa shape index (κ1) is 16.8. The zero-order chi connectivity index (χ0) is 17.7. The monoisotopic (exact) mass is 392 g/mol. The predicted octanol–water partition coefficient (Wildman–Crippen LogP) is 2.53. The first-order valence-corrected chi connectivity index (χ1v) is 10.9. The second kappa shape index (κ2) is 6.65. The number of rotatable bonds is 4. The van der Waals surface area contributed by atoms with E-state index < -0.39 is 0 Å². The number of hydrogen-bond acceptors (Lipinski definition) is 7. The smallest absolute Gasteiger partial charge is 0.319 e. The molecule has 1 aliphatic carbocycles. The van der Waals surface area contributed by atoms with Crippen LogP contribution >= 0.6 is 23.1 Å². The third kappa shape index (κ3) is 2.78. The molecule has 6 nitrogen and oxygen atoms in total. The van der Waals surface area contributed by atoms with E-state index in [1.165, 1.54) is 22.2 Å². The Hall–Kier alpha value is -1.38. The van der Waals surface area contributed by atoms with Gasteiger partial charge in [-0.15, -0.1) is 11.3 Å². The quantitative estimate of drug-likeness (QED) is 0.588. The van der Waals surface area contributed by atoms with E-state index in [9.17, 15) is 9.59 Å². The number of esters is 1. The van der Waals surface area contributed by atoms with E-state index in [1.54, 1.807) is 15.9 Å². The molecule has 2 atom stereocenters. The van der Waals surface area contributed by atoms with Crippen LogP contribution in [0.1, 0.15) is 36.1 Å². The Morgan fingerprint density at radius 1 is 1.19 bits per heavy atom. The Morgan fingerprint density at radius 2 is 2.12 bits per heavy atom. The van der Waals surface area contributed by atoms with E-state index in [2.05, 4.69) is 0 Å². The Labute approximate surface area is 158 Å². The average Bonchev–Trinajstić information content (AvgIpc) is 3.37. The highest BCUT2D eigenvalue weighted by molar-refractivity contribution is 8.00. The molecule has 0 unspecified atom stereocenters. The molecule has 2 aliphatic heterocycles. The summed E-state index contributed by atoms with van der Waals surface area (Å²) in [5.74, 6) is -0.207. The molecule has 138 valence electrons. The minimum absolute atomic E-state index is 0.0266. The summed E-state index contributed by atoms with van der Waals surface area (Å²) in [6.07, 6.45) is 5.83. The van der Waals surface area contributed by atoms with E-state index in [0.29, 0.717) is 24.7 Å². The van der Waals surface area contributed by atoms with Crippen molar-refractivity contribution in [3.8, 4) is 0 Å². The second-order valence-corrected chi connectivity index (χ2v) is 9.30. The van der Waals surface area contributed by atoms with Gasteiger partial charge in [0.05, 0.1) is 24.6 Å². The number of carbonyl (C=O) groups is 1.